The Balaban J connectivity index is 1.82. The van der Waals surface area contributed by atoms with E-state index in [0.29, 0.717) is 11.7 Å². The number of nitrogens with zero attached hydrogens (tertiary/aromatic N) is 1. The molecule has 0 spiro atoms. The molecule has 0 saturated carbocycles. The number of rotatable bonds is 5. The number of hydrogen-bond acceptors (Lipinski definition) is 4. The van der Waals surface area contributed by atoms with Crippen LogP contribution in [0.25, 0.3) is 6.08 Å². The van der Waals surface area contributed by atoms with E-state index in [1.54, 1.807) is 12.1 Å². The van der Waals surface area contributed by atoms with Crippen LogP contribution in [0.2, 0.25) is 0 Å². The first kappa shape index (κ1) is 21.2. The van der Waals surface area contributed by atoms with Gasteiger partial charge in [-0.05, 0) is 71.9 Å². The molecule has 1 atom stereocenters. The van der Waals surface area contributed by atoms with Crippen molar-refractivity contribution in [2.24, 2.45) is 0 Å². The Morgan fingerprint density at radius 1 is 1.13 bits per heavy atom. The van der Waals surface area contributed by atoms with Crippen molar-refractivity contribution in [3.63, 3.8) is 0 Å². The number of carboxylic acids is 1. The Bertz CT molecular complexity index is 1130. The van der Waals surface area contributed by atoms with E-state index >= 15 is 0 Å². The summed E-state index contributed by atoms with van der Waals surface area (Å²) in [5.74, 6) is -0.178. The molecule has 160 valence electrons. The summed E-state index contributed by atoms with van der Waals surface area (Å²) in [7, 11) is 0. The molecule has 1 aliphatic heterocycles. The van der Waals surface area contributed by atoms with Crippen LogP contribution < -0.4 is 4.90 Å². The summed E-state index contributed by atoms with van der Waals surface area (Å²) in [6.07, 6.45) is 3.63. The highest BCUT2D eigenvalue weighted by atomic mass is 32.1. The molecule has 31 heavy (non-hydrogen) atoms. The van der Waals surface area contributed by atoms with Gasteiger partial charge in [0.1, 0.15) is 5.75 Å². The maximum absolute atomic E-state index is 10.8. The lowest BCUT2D eigenvalue weighted by atomic mass is 9.77. The van der Waals surface area contributed by atoms with Gasteiger partial charge in [0.05, 0.1) is 10.5 Å². The molecule has 2 heterocycles. The zero-order valence-corrected chi connectivity index (χ0v) is 18.8. The van der Waals surface area contributed by atoms with Gasteiger partial charge in [-0.2, -0.15) is 0 Å². The van der Waals surface area contributed by atoms with Gasteiger partial charge in [0, 0.05) is 17.5 Å². The molecule has 0 fully saturated rings. The van der Waals surface area contributed by atoms with Gasteiger partial charge >= 0.3 is 5.97 Å². The molecule has 4 rings (SSSR count). The zero-order valence-electron chi connectivity index (χ0n) is 18.0. The Labute approximate surface area is 187 Å². The number of phenols is 1. The lowest BCUT2D eigenvalue weighted by Crippen LogP contribution is -2.49. The number of benzene rings is 2. The Morgan fingerprint density at radius 3 is 2.52 bits per heavy atom. The number of hydrogen-bond donors (Lipinski definition) is 2. The van der Waals surface area contributed by atoms with E-state index < -0.39 is 11.5 Å². The molecule has 1 unspecified atom stereocenters. The third-order valence-corrected chi connectivity index (χ3v) is 7.51. The summed E-state index contributed by atoms with van der Waals surface area (Å²) in [4.78, 5) is 14.7. The number of aliphatic carboxylic acids is 1. The van der Waals surface area contributed by atoms with Crippen molar-refractivity contribution in [3.05, 3.63) is 87.8 Å². The summed E-state index contributed by atoms with van der Waals surface area (Å²) in [5.41, 5.74) is 3.92. The highest BCUT2D eigenvalue weighted by Crippen LogP contribution is 2.46. The van der Waals surface area contributed by atoms with Crippen LogP contribution in [-0.2, 0) is 16.8 Å². The number of phenolic OH excluding ortho intramolecular Hbond substituents is 1. The van der Waals surface area contributed by atoms with E-state index in [-0.39, 0.29) is 0 Å². The van der Waals surface area contributed by atoms with Gasteiger partial charge in [-0.15, -0.1) is 11.3 Å². The van der Waals surface area contributed by atoms with Gasteiger partial charge in [0.2, 0.25) is 0 Å². The molecular weight excluding hydrogens is 406 g/mol. The molecule has 0 saturated heterocycles. The monoisotopic (exact) mass is 433 g/mol. The fourth-order valence-electron chi connectivity index (χ4n) is 4.39. The van der Waals surface area contributed by atoms with Gasteiger partial charge in [0.25, 0.3) is 0 Å². The van der Waals surface area contributed by atoms with Crippen molar-refractivity contribution in [3.8, 4) is 5.75 Å². The first-order valence-electron chi connectivity index (χ1n) is 10.5. The Kier molecular flexibility index (Phi) is 5.63. The van der Waals surface area contributed by atoms with E-state index in [2.05, 4.69) is 49.9 Å². The van der Waals surface area contributed by atoms with Gasteiger partial charge in [-0.25, -0.2) is 4.79 Å². The minimum atomic E-state index is -0.957. The Morgan fingerprint density at radius 2 is 1.87 bits per heavy atom. The highest BCUT2D eigenvalue weighted by Gasteiger charge is 2.41. The van der Waals surface area contributed by atoms with Crippen LogP contribution >= 0.6 is 11.3 Å². The third-order valence-electron chi connectivity index (χ3n) is 6.10. The van der Waals surface area contributed by atoms with Crippen molar-refractivity contribution in [1.82, 2.24) is 0 Å². The summed E-state index contributed by atoms with van der Waals surface area (Å²) in [6.45, 7) is 7.52. The molecule has 1 aliphatic rings. The van der Waals surface area contributed by atoms with Crippen LogP contribution in [0.3, 0.4) is 0 Å². The van der Waals surface area contributed by atoms with Crippen LogP contribution in [0.4, 0.5) is 5.00 Å². The molecule has 0 amide bonds. The molecule has 2 N–H and O–H groups in total. The maximum atomic E-state index is 10.8. The summed E-state index contributed by atoms with van der Waals surface area (Å²) in [6, 6.07) is 18.2. The van der Waals surface area contributed by atoms with Crippen molar-refractivity contribution >= 4 is 28.4 Å². The van der Waals surface area contributed by atoms with Crippen LogP contribution in [-0.4, -0.2) is 22.7 Å². The molecule has 2 aromatic carbocycles. The number of thiophene rings is 1. The lowest BCUT2D eigenvalue weighted by Gasteiger charge is -2.47. The number of fused-ring (bicyclic) bond motifs is 1. The number of carbonyl (C=O) groups is 1. The smallest absolute Gasteiger partial charge is 0.328 e. The van der Waals surface area contributed by atoms with E-state index in [9.17, 15) is 9.90 Å². The molecule has 4 nitrogen and oxygen atoms in total. The first-order valence-corrected chi connectivity index (χ1v) is 11.3. The van der Waals surface area contributed by atoms with Crippen molar-refractivity contribution in [2.75, 3.05) is 11.4 Å². The Hall–Kier alpha value is -3.05. The van der Waals surface area contributed by atoms with Gasteiger partial charge < -0.3 is 15.1 Å². The fraction of sp³-hybridized carbons (Fsp3) is 0.269. The molecular formula is C26H27NO3S. The maximum Gasteiger partial charge on any atom is 0.328 e. The lowest BCUT2D eigenvalue weighted by molar-refractivity contribution is -0.131. The van der Waals surface area contributed by atoms with Gasteiger partial charge in [-0.1, -0.05) is 44.2 Å². The van der Waals surface area contributed by atoms with Crippen LogP contribution in [0.15, 0.2) is 60.7 Å². The average Bonchev–Trinajstić information content (AvgIpc) is 3.23. The normalized spacial score (nSPS) is 18.5. The second-order valence-electron chi connectivity index (χ2n) is 8.44. The molecule has 1 aromatic heterocycles. The molecule has 0 aliphatic carbocycles. The minimum Gasteiger partial charge on any atom is -0.508 e. The van der Waals surface area contributed by atoms with Crippen LogP contribution in [0.1, 0.15) is 53.8 Å². The topological polar surface area (TPSA) is 60.8 Å². The summed E-state index contributed by atoms with van der Waals surface area (Å²) < 4.78 is 0. The summed E-state index contributed by atoms with van der Waals surface area (Å²) in [5, 5.41) is 20.2. The molecule has 0 bridgehead atoms. The first-order chi connectivity index (χ1) is 14.8. The standard InChI is InChI=1S/C26H27NO3S/c1-17(2)23-11-12-24(31-23)27-15-14-19-16-21(28)9-10-22(19)26(27,3)20-7-4-18(5-8-20)6-13-25(29)30/h4-13,16-17,28H,14-15H2,1-3H3,(H,29,30). The molecule has 3 aromatic rings. The second kappa shape index (κ2) is 8.23. The SMILES string of the molecule is CC(C)c1ccc(N2CCc3cc(O)ccc3C2(C)c2ccc(C=CC(=O)O)cc2)s1. The highest BCUT2D eigenvalue weighted by molar-refractivity contribution is 7.16. The summed E-state index contributed by atoms with van der Waals surface area (Å²) >= 11 is 1.84. The van der Waals surface area contributed by atoms with E-state index in [1.165, 1.54) is 15.4 Å². The second-order valence-corrected chi connectivity index (χ2v) is 9.53. The van der Waals surface area contributed by atoms with Crippen molar-refractivity contribution < 1.29 is 15.0 Å². The van der Waals surface area contributed by atoms with Gasteiger partial charge in [0.15, 0.2) is 0 Å². The third kappa shape index (κ3) is 3.98. The number of anilines is 1. The predicted molar refractivity (Wildman–Crippen MR) is 127 cm³/mol. The van der Waals surface area contributed by atoms with Crippen LogP contribution in [0.5, 0.6) is 5.75 Å². The van der Waals surface area contributed by atoms with Crippen molar-refractivity contribution in [1.29, 1.82) is 0 Å². The minimum absolute atomic E-state index is 0.293. The fourth-order valence-corrected chi connectivity index (χ4v) is 5.52. The largest absolute Gasteiger partial charge is 0.508 e. The number of aromatic hydroxyl groups is 1. The van der Waals surface area contributed by atoms with E-state index in [0.717, 1.165) is 35.7 Å². The molecule has 5 heteroatoms. The van der Waals surface area contributed by atoms with E-state index in [4.69, 9.17) is 5.11 Å². The zero-order chi connectivity index (χ0) is 22.2. The molecule has 0 radical (unpaired) electrons. The van der Waals surface area contributed by atoms with E-state index in [1.807, 2.05) is 35.6 Å². The van der Waals surface area contributed by atoms with Crippen LogP contribution in [0, 0.1) is 0 Å². The number of carboxylic acid groups (broad SMARTS) is 1. The van der Waals surface area contributed by atoms with Gasteiger partial charge in [-0.3, -0.25) is 0 Å². The average molecular weight is 434 g/mol. The van der Waals surface area contributed by atoms with Crippen molar-refractivity contribution in [2.45, 2.75) is 38.6 Å². The quantitative estimate of drug-likeness (QED) is 0.485. The predicted octanol–water partition coefficient (Wildman–Crippen LogP) is 6.00.